The van der Waals surface area contributed by atoms with Gasteiger partial charge in [-0.2, -0.15) is 0 Å². The van der Waals surface area contributed by atoms with E-state index < -0.39 is 15.9 Å². The number of carbonyl (C=O) groups is 1. The van der Waals surface area contributed by atoms with Gasteiger partial charge < -0.3 is 15.5 Å². The Morgan fingerprint density at radius 3 is 2.74 bits per heavy atom. The van der Waals surface area contributed by atoms with E-state index in [1.54, 1.807) is 12.1 Å². The summed E-state index contributed by atoms with van der Waals surface area (Å²) in [6.45, 7) is 3.09. The first-order valence-electron chi connectivity index (χ1n) is 6.90. The number of nitrogens with one attached hydrogen (secondary N) is 2. The van der Waals surface area contributed by atoms with Crippen LogP contribution in [0.15, 0.2) is 23.1 Å². The Morgan fingerprint density at radius 2 is 2.17 bits per heavy atom. The molecule has 1 aliphatic rings. The molecule has 0 aliphatic carbocycles. The van der Waals surface area contributed by atoms with Crippen molar-refractivity contribution in [1.29, 1.82) is 0 Å². The number of primary amides is 1. The fourth-order valence-electron chi connectivity index (χ4n) is 2.49. The second kappa shape index (κ2) is 5.48. The monoisotopic (exact) mass is 357 g/mol. The molecule has 1 aromatic carbocycles. The number of halogens is 1. The first kappa shape index (κ1) is 16.3. The maximum Gasteiger partial charge on any atom is 0.266 e. The lowest BCUT2D eigenvalue weighted by atomic mass is 9.89. The number of H-pyrrole nitrogens is 1. The summed E-state index contributed by atoms with van der Waals surface area (Å²) in [6, 6.07) is 4.69. The second-order valence-corrected chi connectivity index (χ2v) is 8.15. The highest BCUT2D eigenvalue weighted by Gasteiger charge is 2.36. The van der Waals surface area contributed by atoms with Crippen LogP contribution < -0.4 is 10.5 Å². The largest absolute Gasteiger partial charge is 0.380 e. The number of fused-ring (bicyclic) bond motifs is 1. The van der Waals surface area contributed by atoms with Gasteiger partial charge in [0.1, 0.15) is 10.6 Å². The summed E-state index contributed by atoms with van der Waals surface area (Å²) in [7, 11) is -3.94. The standard InChI is InChI=1S/C14H16ClN3O4S/c1-14(6-22-7-14)5-17-23(20,21)12-9-4-8(15)2-3-10(9)18-11(12)13(16)19/h2-4,17-18H,5-7H2,1H3,(H2,16,19). The predicted octanol–water partition coefficient (Wildman–Crippen LogP) is 1.24. The van der Waals surface area contributed by atoms with Crippen LogP contribution in [-0.4, -0.2) is 39.1 Å². The van der Waals surface area contributed by atoms with Crippen molar-refractivity contribution in [3.8, 4) is 0 Å². The van der Waals surface area contributed by atoms with Gasteiger partial charge in [0.15, 0.2) is 0 Å². The van der Waals surface area contributed by atoms with E-state index in [4.69, 9.17) is 22.1 Å². The number of rotatable bonds is 5. The number of nitrogens with two attached hydrogens (primary N) is 1. The van der Waals surface area contributed by atoms with Crippen molar-refractivity contribution in [2.45, 2.75) is 11.8 Å². The molecule has 1 amide bonds. The highest BCUT2D eigenvalue weighted by Crippen LogP contribution is 2.30. The van der Waals surface area contributed by atoms with Crippen LogP contribution in [0.4, 0.5) is 0 Å². The first-order valence-corrected chi connectivity index (χ1v) is 8.76. The van der Waals surface area contributed by atoms with E-state index in [1.165, 1.54) is 6.07 Å². The van der Waals surface area contributed by atoms with Gasteiger partial charge in [-0.05, 0) is 18.2 Å². The number of carbonyl (C=O) groups excluding carboxylic acids is 1. The molecule has 0 bridgehead atoms. The molecule has 2 aromatic rings. The molecule has 1 aliphatic heterocycles. The Kier molecular flexibility index (Phi) is 3.88. The van der Waals surface area contributed by atoms with Crippen LogP contribution >= 0.6 is 11.6 Å². The number of ether oxygens (including phenoxy) is 1. The molecule has 1 saturated heterocycles. The number of hydrogen-bond acceptors (Lipinski definition) is 4. The number of hydrogen-bond donors (Lipinski definition) is 3. The topological polar surface area (TPSA) is 114 Å². The van der Waals surface area contributed by atoms with E-state index in [0.717, 1.165) is 0 Å². The van der Waals surface area contributed by atoms with Crippen molar-refractivity contribution >= 4 is 38.4 Å². The lowest BCUT2D eigenvalue weighted by Crippen LogP contribution is -2.48. The van der Waals surface area contributed by atoms with E-state index in [0.29, 0.717) is 29.1 Å². The predicted molar refractivity (Wildman–Crippen MR) is 85.9 cm³/mol. The molecule has 0 radical (unpaired) electrons. The molecule has 7 nitrogen and oxygen atoms in total. The van der Waals surface area contributed by atoms with Crippen LogP contribution in [0, 0.1) is 5.41 Å². The third kappa shape index (κ3) is 2.94. The van der Waals surface area contributed by atoms with Gasteiger partial charge in [0, 0.05) is 27.9 Å². The number of aromatic nitrogens is 1. The van der Waals surface area contributed by atoms with E-state index in [-0.39, 0.29) is 22.5 Å². The van der Waals surface area contributed by atoms with Crippen LogP contribution in [-0.2, 0) is 14.8 Å². The molecule has 0 saturated carbocycles. The molecule has 23 heavy (non-hydrogen) atoms. The zero-order valence-corrected chi connectivity index (χ0v) is 13.9. The van der Waals surface area contributed by atoms with Gasteiger partial charge in [-0.25, -0.2) is 13.1 Å². The van der Waals surface area contributed by atoms with Crippen LogP contribution in [0.25, 0.3) is 10.9 Å². The molecule has 0 spiro atoms. The second-order valence-electron chi connectivity index (χ2n) is 6.01. The lowest BCUT2D eigenvalue weighted by molar-refractivity contribution is -0.0965. The summed E-state index contributed by atoms with van der Waals surface area (Å²) in [4.78, 5) is 14.2. The Morgan fingerprint density at radius 1 is 1.48 bits per heavy atom. The van der Waals surface area contributed by atoms with E-state index in [9.17, 15) is 13.2 Å². The zero-order valence-electron chi connectivity index (χ0n) is 12.3. The average molecular weight is 358 g/mol. The van der Waals surface area contributed by atoms with Crippen molar-refractivity contribution in [2.24, 2.45) is 11.1 Å². The normalized spacial score (nSPS) is 17.1. The molecular formula is C14H16ClN3O4S. The summed E-state index contributed by atoms with van der Waals surface area (Å²) < 4.78 is 33.1. The van der Waals surface area contributed by atoms with Gasteiger partial charge in [-0.3, -0.25) is 4.79 Å². The van der Waals surface area contributed by atoms with Gasteiger partial charge in [0.05, 0.1) is 13.2 Å². The smallest absolute Gasteiger partial charge is 0.266 e. The molecule has 2 heterocycles. The SMILES string of the molecule is CC1(CNS(=O)(=O)c2c(C(N)=O)[nH]c3ccc(Cl)cc23)COC1. The fourth-order valence-corrected chi connectivity index (χ4v) is 4.22. The Labute approximate surface area is 138 Å². The van der Waals surface area contributed by atoms with Gasteiger partial charge in [0.2, 0.25) is 10.0 Å². The molecule has 0 atom stereocenters. The van der Waals surface area contributed by atoms with Crippen molar-refractivity contribution in [2.75, 3.05) is 19.8 Å². The minimum Gasteiger partial charge on any atom is -0.380 e. The quantitative estimate of drug-likeness (QED) is 0.746. The molecule has 9 heteroatoms. The first-order chi connectivity index (χ1) is 10.7. The van der Waals surface area contributed by atoms with E-state index >= 15 is 0 Å². The minimum absolute atomic E-state index is 0.162. The van der Waals surface area contributed by atoms with E-state index in [2.05, 4.69) is 9.71 Å². The lowest BCUT2D eigenvalue weighted by Gasteiger charge is -2.37. The van der Waals surface area contributed by atoms with Crippen LogP contribution in [0.5, 0.6) is 0 Å². The maximum absolute atomic E-state index is 12.7. The third-order valence-electron chi connectivity index (χ3n) is 3.82. The fraction of sp³-hybridized carbons (Fsp3) is 0.357. The molecule has 124 valence electrons. The van der Waals surface area contributed by atoms with Crippen molar-refractivity contribution in [1.82, 2.24) is 9.71 Å². The van der Waals surface area contributed by atoms with Crippen LogP contribution in [0.3, 0.4) is 0 Å². The van der Waals surface area contributed by atoms with Gasteiger partial charge >= 0.3 is 0 Å². The number of sulfonamides is 1. The minimum atomic E-state index is -3.94. The van der Waals surface area contributed by atoms with Gasteiger partial charge in [-0.1, -0.05) is 18.5 Å². The summed E-state index contributed by atoms with van der Waals surface area (Å²) in [6.07, 6.45) is 0. The number of benzene rings is 1. The molecule has 3 rings (SSSR count). The van der Waals surface area contributed by atoms with Crippen LogP contribution in [0.2, 0.25) is 5.02 Å². The number of amides is 1. The van der Waals surface area contributed by atoms with Crippen molar-refractivity contribution in [3.63, 3.8) is 0 Å². The van der Waals surface area contributed by atoms with E-state index in [1.807, 2.05) is 6.92 Å². The maximum atomic E-state index is 12.7. The molecular weight excluding hydrogens is 342 g/mol. The zero-order chi connectivity index (χ0) is 16.8. The summed E-state index contributed by atoms with van der Waals surface area (Å²) in [5, 5.41) is 0.692. The molecule has 1 aromatic heterocycles. The van der Waals surface area contributed by atoms with Gasteiger partial charge in [0.25, 0.3) is 5.91 Å². The molecule has 4 N–H and O–H groups in total. The van der Waals surface area contributed by atoms with Crippen molar-refractivity contribution in [3.05, 3.63) is 28.9 Å². The Bertz CT molecular complexity index is 887. The summed E-state index contributed by atoms with van der Waals surface area (Å²) >= 11 is 5.95. The Hall–Kier alpha value is -1.61. The summed E-state index contributed by atoms with van der Waals surface area (Å²) in [5.74, 6) is -0.851. The summed E-state index contributed by atoms with van der Waals surface area (Å²) in [5.41, 5.74) is 5.38. The van der Waals surface area contributed by atoms with Crippen LogP contribution in [0.1, 0.15) is 17.4 Å². The van der Waals surface area contributed by atoms with Crippen molar-refractivity contribution < 1.29 is 17.9 Å². The highest BCUT2D eigenvalue weighted by molar-refractivity contribution is 7.89. The molecule has 1 fully saturated rings. The van der Waals surface area contributed by atoms with Gasteiger partial charge in [-0.15, -0.1) is 0 Å². The highest BCUT2D eigenvalue weighted by atomic mass is 35.5. The third-order valence-corrected chi connectivity index (χ3v) is 5.54. The number of aromatic amines is 1. The average Bonchev–Trinajstić information content (AvgIpc) is 2.82. The molecule has 0 unspecified atom stereocenters. The Balaban J connectivity index is 2.07.